The molecule has 18 heteroatoms. The molecule has 3 aromatic rings. The second-order valence-corrected chi connectivity index (χ2v) is 17.2. The number of amides is 6. The SMILES string of the molecule is CC(C)(C)OC(=O)NCCC[C@@H]1NC(=O)[C@@H](NC(=O)OC(C)(C)C)Cc2cc(ccc2O)-c2ccc(O)c(c2)C[C@@H](C(=O)N(CCO)CCN(Cc2ccccc2)C(=O)O)NC1=O. The zero-order valence-corrected chi connectivity index (χ0v) is 36.6. The molecule has 8 N–H and O–H groups in total. The molecule has 63 heavy (non-hydrogen) atoms. The Morgan fingerprint density at radius 1 is 0.746 bits per heavy atom. The standard InChI is InChI=1S/C45H60N6O12/c1-44(2,3)62-41(58)46-18-10-13-33-38(55)48-35(40(57)50(21-22-52)19-20-51(43(60)61)27-28-11-8-7-9-12-28)26-32-24-30(15-17-37(32)54)29-14-16-36(53)31(23-29)25-34(39(56)47-33)49-42(59)63-45(4,5)6/h7-9,11-12,14-17,23-24,33-35,52-54H,10,13,18-22,25-27H2,1-6H3,(H,46,58)(H,47,56)(H,48,55)(H,49,59)(H,60,61)/t33-,34-,35-/m0/s1. The quantitative estimate of drug-likeness (QED) is 0.113. The number of rotatable bonds is 13. The van der Waals surface area contributed by atoms with Crippen molar-refractivity contribution < 1.29 is 58.7 Å². The lowest BCUT2D eigenvalue weighted by Crippen LogP contribution is -2.58. The maximum absolute atomic E-state index is 14.6. The average molecular weight is 877 g/mol. The minimum atomic E-state index is -1.44. The van der Waals surface area contributed by atoms with Gasteiger partial charge in [0.15, 0.2) is 0 Å². The first-order valence-corrected chi connectivity index (χ1v) is 20.7. The topological polar surface area (TPSA) is 256 Å². The lowest BCUT2D eigenvalue weighted by atomic mass is 9.95. The number of ether oxygens (including phenoxy) is 2. The lowest BCUT2D eigenvalue weighted by Gasteiger charge is -2.31. The molecule has 4 rings (SSSR count). The molecular weight excluding hydrogens is 817 g/mol. The lowest BCUT2D eigenvalue weighted by molar-refractivity contribution is -0.138. The Bertz CT molecular complexity index is 2080. The highest BCUT2D eigenvalue weighted by Gasteiger charge is 2.34. The molecule has 0 spiro atoms. The average Bonchev–Trinajstić information content (AvgIpc) is 3.19. The van der Waals surface area contributed by atoms with Gasteiger partial charge in [-0.2, -0.15) is 0 Å². The molecule has 0 aliphatic carbocycles. The molecule has 1 aliphatic heterocycles. The van der Waals surface area contributed by atoms with E-state index in [-0.39, 0.29) is 81.0 Å². The number of aliphatic hydroxyl groups excluding tert-OH is 1. The Morgan fingerprint density at radius 2 is 1.32 bits per heavy atom. The number of aliphatic hydroxyl groups is 1. The van der Waals surface area contributed by atoms with Gasteiger partial charge in [0, 0.05) is 45.6 Å². The van der Waals surface area contributed by atoms with E-state index in [1.807, 2.05) is 0 Å². The van der Waals surface area contributed by atoms with Crippen molar-refractivity contribution in [2.75, 3.05) is 32.8 Å². The van der Waals surface area contributed by atoms with Crippen LogP contribution in [0, 0.1) is 0 Å². The van der Waals surface area contributed by atoms with Crippen molar-refractivity contribution in [2.24, 2.45) is 0 Å². The van der Waals surface area contributed by atoms with E-state index >= 15 is 0 Å². The molecule has 1 heterocycles. The van der Waals surface area contributed by atoms with E-state index in [1.54, 1.807) is 96.1 Å². The van der Waals surface area contributed by atoms with E-state index < -0.39 is 71.9 Å². The number of carboxylic acid groups (broad SMARTS) is 1. The summed E-state index contributed by atoms with van der Waals surface area (Å²) in [6.45, 7) is 8.98. The summed E-state index contributed by atoms with van der Waals surface area (Å²) in [4.78, 5) is 83.4. The van der Waals surface area contributed by atoms with Crippen LogP contribution in [0.25, 0.3) is 11.1 Å². The number of benzene rings is 3. The maximum atomic E-state index is 14.6. The van der Waals surface area contributed by atoms with Crippen LogP contribution in [-0.2, 0) is 43.2 Å². The third-order valence-corrected chi connectivity index (χ3v) is 9.74. The number of hydrogen-bond acceptors (Lipinski definition) is 11. The molecule has 4 bridgehead atoms. The first kappa shape index (κ1) is 49.1. The Morgan fingerprint density at radius 3 is 1.89 bits per heavy atom. The molecule has 0 saturated heterocycles. The number of carbonyl (C=O) groups excluding carboxylic acids is 5. The van der Waals surface area contributed by atoms with Crippen LogP contribution >= 0.6 is 0 Å². The molecular formula is C45H60N6O12. The summed E-state index contributed by atoms with van der Waals surface area (Å²) in [7, 11) is 0. The number of phenolic OH excluding ortho intramolecular Hbond substituents is 2. The van der Waals surface area contributed by atoms with Gasteiger partial charge in [-0.3, -0.25) is 14.4 Å². The molecule has 3 aromatic carbocycles. The van der Waals surface area contributed by atoms with E-state index in [0.717, 1.165) is 4.90 Å². The minimum Gasteiger partial charge on any atom is -0.508 e. The fraction of sp³-hybridized carbons (Fsp3) is 0.467. The highest BCUT2D eigenvalue weighted by atomic mass is 16.6. The van der Waals surface area contributed by atoms with Crippen LogP contribution in [0.3, 0.4) is 0 Å². The van der Waals surface area contributed by atoms with E-state index in [0.29, 0.717) is 16.7 Å². The first-order valence-electron chi connectivity index (χ1n) is 20.7. The van der Waals surface area contributed by atoms with Crippen LogP contribution < -0.4 is 21.3 Å². The van der Waals surface area contributed by atoms with E-state index in [9.17, 15) is 49.2 Å². The van der Waals surface area contributed by atoms with Crippen molar-refractivity contribution in [2.45, 2.75) is 103 Å². The van der Waals surface area contributed by atoms with Crippen LogP contribution in [0.2, 0.25) is 0 Å². The maximum Gasteiger partial charge on any atom is 0.408 e. The highest BCUT2D eigenvalue weighted by molar-refractivity contribution is 5.94. The number of phenols is 2. The van der Waals surface area contributed by atoms with Crippen molar-refractivity contribution >= 4 is 36.0 Å². The van der Waals surface area contributed by atoms with Gasteiger partial charge < -0.3 is 61.0 Å². The monoisotopic (exact) mass is 876 g/mol. The third-order valence-electron chi connectivity index (χ3n) is 9.74. The molecule has 0 fully saturated rings. The first-order chi connectivity index (χ1) is 29.6. The summed E-state index contributed by atoms with van der Waals surface area (Å²) in [6.07, 6.45) is -3.40. The Labute approximate surface area is 366 Å². The smallest absolute Gasteiger partial charge is 0.408 e. The molecule has 0 aromatic heterocycles. The van der Waals surface area contributed by atoms with E-state index in [1.165, 1.54) is 17.0 Å². The molecule has 0 unspecified atom stereocenters. The van der Waals surface area contributed by atoms with Crippen molar-refractivity contribution in [1.82, 2.24) is 31.1 Å². The van der Waals surface area contributed by atoms with Crippen LogP contribution in [-0.4, -0.2) is 128 Å². The minimum absolute atomic E-state index is 0.0189. The van der Waals surface area contributed by atoms with Gasteiger partial charge >= 0.3 is 18.3 Å². The molecule has 342 valence electrons. The number of nitrogens with one attached hydrogen (secondary N) is 4. The third kappa shape index (κ3) is 15.7. The van der Waals surface area contributed by atoms with Crippen LogP contribution in [0.5, 0.6) is 11.5 Å². The van der Waals surface area contributed by atoms with Crippen molar-refractivity contribution in [3.63, 3.8) is 0 Å². The second-order valence-electron chi connectivity index (χ2n) is 17.2. The van der Waals surface area contributed by atoms with Gasteiger partial charge in [0.2, 0.25) is 17.7 Å². The Balaban J connectivity index is 1.76. The van der Waals surface area contributed by atoms with Crippen molar-refractivity contribution in [3.05, 3.63) is 83.4 Å². The Hall–Kier alpha value is -6.56. The number of alkyl carbamates (subject to hydrolysis) is 2. The molecule has 18 nitrogen and oxygen atoms in total. The number of carbonyl (C=O) groups is 6. The fourth-order valence-corrected chi connectivity index (χ4v) is 6.74. The van der Waals surface area contributed by atoms with E-state index in [4.69, 9.17) is 9.47 Å². The number of nitrogens with zero attached hydrogens (tertiary/aromatic N) is 2. The molecule has 0 radical (unpaired) electrons. The van der Waals surface area contributed by atoms with Gasteiger partial charge in [-0.15, -0.1) is 0 Å². The summed E-state index contributed by atoms with van der Waals surface area (Å²) in [6, 6.07) is 13.9. The number of aromatic hydroxyl groups is 2. The summed E-state index contributed by atoms with van der Waals surface area (Å²) in [5.74, 6) is -2.79. The summed E-state index contributed by atoms with van der Waals surface area (Å²) in [5.41, 5.74) is 0.572. The zero-order chi connectivity index (χ0) is 46.5. The van der Waals surface area contributed by atoms with Gasteiger partial charge in [-0.05, 0) is 106 Å². The predicted molar refractivity (Wildman–Crippen MR) is 232 cm³/mol. The number of hydrogen-bond donors (Lipinski definition) is 8. The number of fused-ring (bicyclic) bond motifs is 5. The fourth-order valence-electron chi connectivity index (χ4n) is 6.74. The van der Waals surface area contributed by atoms with Gasteiger partial charge in [0.05, 0.1) is 6.61 Å². The predicted octanol–water partition coefficient (Wildman–Crippen LogP) is 4.03. The van der Waals surface area contributed by atoms with Crippen LogP contribution in [0.1, 0.15) is 71.1 Å². The molecule has 3 atom stereocenters. The molecule has 1 aliphatic rings. The van der Waals surface area contributed by atoms with E-state index in [2.05, 4.69) is 21.3 Å². The van der Waals surface area contributed by atoms with Gasteiger partial charge in [0.1, 0.15) is 40.8 Å². The van der Waals surface area contributed by atoms with Crippen LogP contribution in [0.15, 0.2) is 66.7 Å². The highest BCUT2D eigenvalue weighted by Crippen LogP contribution is 2.31. The normalized spacial score (nSPS) is 16.8. The summed E-state index contributed by atoms with van der Waals surface area (Å²) in [5, 5.41) is 52.8. The van der Waals surface area contributed by atoms with Gasteiger partial charge in [0.25, 0.3) is 0 Å². The Kier molecular flexibility index (Phi) is 17.1. The van der Waals surface area contributed by atoms with Crippen molar-refractivity contribution in [3.8, 4) is 22.6 Å². The molecule has 0 saturated carbocycles. The second kappa shape index (κ2) is 22.0. The zero-order valence-electron chi connectivity index (χ0n) is 36.6. The summed E-state index contributed by atoms with van der Waals surface area (Å²) < 4.78 is 10.7. The largest absolute Gasteiger partial charge is 0.508 e. The van der Waals surface area contributed by atoms with Crippen LogP contribution in [0.4, 0.5) is 14.4 Å². The van der Waals surface area contributed by atoms with Gasteiger partial charge in [-0.25, -0.2) is 14.4 Å². The van der Waals surface area contributed by atoms with Crippen molar-refractivity contribution in [1.29, 1.82) is 0 Å². The van der Waals surface area contributed by atoms with Gasteiger partial charge in [-0.1, -0.05) is 42.5 Å². The molecule has 6 amide bonds. The summed E-state index contributed by atoms with van der Waals surface area (Å²) >= 11 is 0.